The van der Waals surface area contributed by atoms with E-state index in [1.807, 2.05) is 0 Å². The summed E-state index contributed by atoms with van der Waals surface area (Å²) in [5, 5.41) is 6.37. The molecule has 0 saturated carbocycles. The van der Waals surface area contributed by atoms with Crippen LogP contribution in [-0.4, -0.2) is 35.8 Å². The minimum atomic E-state index is -0.0554. The number of rotatable bonds is 3. The Labute approximate surface area is 110 Å². The molecule has 2 N–H and O–H groups in total. The second-order valence-electron chi connectivity index (χ2n) is 4.48. The van der Waals surface area contributed by atoms with Crippen LogP contribution >= 0.6 is 15.9 Å². The molecule has 0 spiro atoms. The fourth-order valence-electron chi connectivity index (χ4n) is 1.89. The van der Waals surface area contributed by atoms with Crippen LogP contribution in [0.2, 0.25) is 0 Å². The van der Waals surface area contributed by atoms with Gasteiger partial charge in [0, 0.05) is 19.9 Å². The summed E-state index contributed by atoms with van der Waals surface area (Å²) in [4.78, 5) is 8.53. The molecule has 0 amide bonds. The highest BCUT2D eigenvalue weighted by molar-refractivity contribution is 9.10. The monoisotopic (exact) mass is 300 g/mol. The average Bonchev–Trinajstić information content (AvgIpc) is 2.33. The largest absolute Gasteiger partial charge is 0.379 e. The summed E-state index contributed by atoms with van der Waals surface area (Å²) in [6.45, 7) is 3.71. The number of nitrogens with zero attached hydrogens (tertiary/aromatic N) is 2. The summed E-state index contributed by atoms with van der Waals surface area (Å²) in [5.74, 6) is 1.41. The minimum absolute atomic E-state index is 0.0554. The third-order valence-electron chi connectivity index (χ3n) is 2.83. The van der Waals surface area contributed by atoms with Crippen LogP contribution in [0.25, 0.3) is 0 Å². The van der Waals surface area contributed by atoms with Gasteiger partial charge in [0.25, 0.3) is 0 Å². The summed E-state index contributed by atoms with van der Waals surface area (Å²) in [6, 6.07) is 0. The van der Waals surface area contributed by atoms with Crippen molar-refractivity contribution in [2.24, 2.45) is 0 Å². The SMILES string of the molecule is CNc1ncc(Br)c(NC2(C)CCCOC2)n1. The zero-order valence-corrected chi connectivity index (χ0v) is 11.7. The zero-order valence-electron chi connectivity index (χ0n) is 10.1. The van der Waals surface area contributed by atoms with E-state index in [1.54, 1.807) is 13.2 Å². The van der Waals surface area contributed by atoms with Crippen molar-refractivity contribution in [3.8, 4) is 0 Å². The molecule has 0 radical (unpaired) electrons. The number of anilines is 2. The molecule has 17 heavy (non-hydrogen) atoms. The van der Waals surface area contributed by atoms with Gasteiger partial charge in [0.15, 0.2) is 0 Å². The van der Waals surface area contributed by atoms with Crippen LogP contribution in [0.3, 0.4) is 0 Å². The van der Waals surface area contributed by atoms with E-state index in [0.29, 0.717) is 12.6 Å². The molecule has 2 heterocycles. The van der Waals surface area contributed by atoms with Gasteiger partial charge >= 0.3 is 0 Å². The fraction of sp³-hybridized carbons (Fsp3) is 0.636. The highest BCUT2D eigenvalue weighted by atomic mass is 79.9. The van der Waals surface area contributed by atoms with Crippen molar-refractivity contribution in [2.45, 2.75) is 25.3 Å². The molecule has 1 unspecified atom stereocenters. The molecule has 1 fully saturated rings. The van der Waals surface area contributed by atoms with Crippen molar-refractivity contribution in [3.05, 3.63) is 10.7 Å². The van der Waals surface area contributed by atoms with Gasteiger partial charge in [-0.25, -0.2) is 4.98 Å². The Balaban J connectivity index is 2.16. The maximum absolute atomic E-state index is 5.52. The lowest BCUT2D eigenvalue weighted by molar-refractivity contribution is 0.0538. The van der Waals surface area contributed by atoms with Gasteiger partial charge < -0.3 is 15.4 Å². The Kier molecular flexibility index (Phi) is 3.83. The molecule has 94 valence electrons. The van der Waals surface area contributed by atoms with Crippen molar-refractivity contribution in [2.75, 3.05) is 30.9 Å². The van der Waals surface area contributed by atoms with Crippen LogP contribution in [-0.2, 0) is 4.74 Å². The van der Waals surface area contributed by atoms with E-state index in [-0.39, 0.29) is 5.54 Å². The number of ether oxygens (including phenoxy) is 1. The summed E-state index contributed by atoms with van der Waals surface area (Å²) in [6.07, 6.45) is 3.90. The van der Waals surface area contributed by atoms with Crippen molar-refractivity contribution in [1.82, 2.24) is 9.97 Å². The maximum Gasteiger partial charge on any atom is 0.224 e. The molecule has 1 saturated heterocycles. The van der Waals surface area contributed by atoms with Gasteiger partial charge in [0.05, 0.1) is 16.6 Å². The number of halogens is 1. The molecule has 1 atom stereocenters. The predicted molar refractivity (Wildman–Crippen MR) is 71.4 cm³/mol. The van der Waals surface area contributed by atoms with Crippen LogP contribution in [0.5, 0.6) is 0 Å². The number of hydrogen-bond donors (Lipinski definition) is 2. The van der Waals surface area contributed by atoms with E-state index in [1.165, 1.54) is 0 Å². The molecule has 1 aliphatic rings. The van der Waals surface area contributed by atoms with Crippen molar-refractivity contribution in [3.63, 3.8) is 0 Å². The third kappa shape index (κ3) is 3.07. The molecule has 1 aromatic rings. The van der Waals surface area contributed by atoms with Gasteiger partial charge in [-0.3, -0.25) is 0 Å². The van der Waals surface area contributed by atoms with E-state index in [0.717, 1.165) is 29.7 Å². The van der Waals surface area contributed by atoms with Crippen molar-refractivity contribution >= 4 is 27.7 Å². The second-order valence-corrected chi connectivity index (χ2v) is 5.34. The second kappa shape index (κ2) is 5.18. The molecule has 6 heteroatoms. The van der Waals surface area contributed by atoms with Gasteiger partial charge in [0.1, 0.15) is 5.82 Å². The Morgan fingerprint density at radius 1 is 1.53 bits per heavy atom. The first-order valence-corrected chi connectivity index (χ1v) is 6.48. The standard InChI is InChI=1S/C11H17BrN4O/c1-11(4-3-5-17-7-11)16-9-8(12)6-14-10(13-2)15-9/h6H,3-5,7H2,1-2H3,(H2,13,14,15,16). The first-order chi connectivity index (χ1) is 8.13. The van der Waals surface area contributed by atoms with Gasteiger partial charge in [0.2, 0.25) is 5.95 Å². The van der Waals surface area contributed by atoms with Crippen LogP contribution in [0.15, 0.2) is 10.7 Å². The van der Waals surface area contributed by atoms with E-state index in [2.05, 4.69) is 43.5 Å². The minimum Gasteiger partial charge on any atom is -0.379 e. The highest BCUT2D eigenvalue weighted by Crippen LogP contribution is 2.27. The molecule has 5 nitrogen and oxygen atoms in total. The molecule has 1 aromatic heterocycles. The summed E-state index contributed by atoms with van der Waals surface area (Å²) >= 11 is 3.45. The van der Waals surface area contributed by atoms with E-state index >= 15 is 0 Å². The van der Waals surface area contributed by atoms with E-state index in [9.17, 15) is 0 Å². The zero-order chi connectivity index (χ0) is 12.3. The first kappa shape index (κ1) is 12.6. The fourth-order valence-corrected chi connectivity index (χ4v) is 2.18. The van der Waals surface area contributed by atoms with Gasteiger partial charge in [-0.2, -0.15) is 4.98 Å². The molecule has 0 bridgehead atoms. The van der Waals surface area contributed by atoms with E-state index < -0.39 is 0 Å². The Bertz CT molecular complexity index is 393. The lowest BCUT2D eigenvalue weighted by atomic mass is 9.95. The molecular formula is C11H17BrN4O. The van der Waals surface area contributed by atoms with Crippen molar-refractivity contribution < 1.29 is 4.74 Å². The molecular weight excluding hydrogens is 284 g/mol. The van der Waals surface area contributed by atoms with Crippen molar-refractivity contribution in [1.29, 1.82) is 0 Å². The summed E-state index contributed by atoms with van der Waals surface area (Å²) < 4.78 is 6.38. The molecule has 2 rings (SSSR count). The topological polar surface area (TPSA) is 59.1 Å². The summed E-state index contributed by atoms with van der Waals surface area (Å²) in [5.41, 5.74) is -0.0554. The van der Waals surface area contributed by atoms with E-state index in [4.69, 9.17) is 4.74 Å². The third-order valence-corrected chi connectivity index (χ3v) is 3.41. The number of hydrogen-bond acceptors (Lipinski definition) is 5. The quantitative estimate of drug-likeness (QED) is 0.897. The van der Waals surface area contributed by atoms with Gasteiger partial charge in [-0.05, 0) is 35.7 Å². The highest BCUT2D eigenvalue weighted by Gasteiger charge is 2.28. The Morgan fingerprint density at radius 3 is 3.00 bits per heavy atom. The van der Waals surface area contributed by atoms with Gasteiger partial charge in [-0.1, -0.05) is 0 Å². The lowest BCUT2D eigenvalue weighted by Gasteiger charge is -2.35. The smallest absolute Gasteiger partial charge is 0.224 e. The molecule has 1 aliphatic heterocycles. The van der Waals surface area contributed by atoms with Crippen LogP contribution in [0.1, 0.15) is 19.8 Å². The van der Waals surface area contributed by atoms with Gasteiger partial charge in [-0.15, -0.1) is 0 Å². The molecule has 0 aliphatic carbocycles. The maximum atomic E-state index is 5.52. The van der Waals surface area contributed by atoms with Crippen LogP contribution < -0.4 is 10.6 Å². The molecule has 0 aromatic carbocycles. The number of aromatic nitrogens is 2. The Morgan fingerprint density at radius 2 is 2.35 bits per heavy atom. The Hall–Kier alpha value is -0.880. The normalized spacial score (nSPS) is 24.4. The predicted octanol–water partition coefficient (Wildman–Crippen LogP) is 2.26. The summed E-state index contributed by atoms with van der Waals surface area (Å²) in [7, 11) is 1.80. The average molecular weight is 301 g/mol. The van der Waals surface area contributed by atoms with Crippen LogP contribution in [0, 0.1) is 0 Å². The lowest BCUT2D eigenvalue weighted by Crippen LogP contribution is -2.43. The first-order valence-electron chi connectivity index (χ1n) is 5.69. The number of nitrogens with one attached hydrogen (secondary N) is 2. The van der Waals surface area contributed by atoms with Crippen LogP contribution in [0.4, 0.5) is 11.8 Å².